The minimum absolute atomic E-state index is 0.103. The molecule has 0 aliphatic heterocycles. The van der Waals surface area contributed by atoms with Crippen LogP contribution in [0.4, 0.5) is 0 Å². The van der Waals surface area contributed by atoms with Crippen molar-refractivity contribution in [2.75, 3.05) is 7.05 Å². The first-order chi connectivity index (χ1) is 15.2. The molecule has 0 saturated carbocycles. The first-order valence-corrected chi connectivity index (χ1v) is 10.1. The number of hydrogen-bond donors (Lipinski definition) is 0. The second-order valence-corrected chi connectivity index (χ2v) is 7.39. The highest BCUT2D eigenvalue weighted by molar-refractivity contribution is 5.91. The summed E-state index contributed by atoms with van der Waals surface area (Å²) in [5.74, 6) is -0.103. The van der Waals surface area contributed by atoms with Crippen molar-refractivity contribution in [1.82, 2.24) is 29.7 Å². The molecule has 7 nitrogen and oxygen atoms in total. The fourth-order valence-corrected chi connectivity index (χ4v) is 3.22. The van der Waals surface area contributed by atoms with Gasteiger partial charge in [-0.3, -0.25) is 9.48 Å². The molecule has 0 N–H and O–H groups in total. The monoisotopic (exact) mass is 412 g/mol. The molecule has 31 heavy (non-hydrogen) atoms. The molecule has 2 heterocycles. The van der Waals surface area contributed by atoms with Crippen LogP contribution in [0.5, 0.6) is 0 Å². The maximum Gasteiger partial charge on any atom is 0.246 e. The summed E-state index contributed by atoms with van der Waals surface area (Å²) in [4.78, 5) is 14.1. The Balaban J connectivity index is 1.30. The van der Waals surface area contributed by atoms with E-state index in [2.05, 4.69) is 27.5 Å². The van der Waals surface area contributed by atoms with Crippen molar-refractivity contribution in [2.45, 2.75) is 19.6 Å². The second kappa shape index (κ2) is 9.67. The van der Waals surface area contributed by atoms with Gasteiger partial charge in [-0.25, -0.2) is 4.68 Å². The SMILES string of the molecule is CN(Cc1cnn(Cc2ccccc2)c1)C(=O)/C=C/c1cn(Cc2ccccc2)nn1. The lowest BCUT2D eigenvalue weighted by Gasteiger charge is -2.13. The van der Waals surface area contributed by atoms with Gasteiger partial charge in [0.2, 0.25) is 5.91 Å². The number of carbonyl (C=O) groups excluding carboxylic acids is 1. The molecule has 7 heteroatoms. The number of benzene rings is 2. The van der Waals surface area contributed by atoms with E-state index in [1.54, 1.807) is 28.9 Å². The van der Waals surface area contributed by atoms with E-state index in [9.17, 15) is 4.79 Å². The third kappa shape index (κ3) is 5.76. The van der Waals surface area contributed by atoms with E-state index in [0.717, 1.165) is 11.1 Å². The maximum atomic E-state index is 12.5. The van der Waals surface area contributed by atoms with E-state index < -0.39 is 0 Å². The first kappa shape index (κ1) is 20.3. The number of carbonyl (C=O) groups is 1. The molecule has 0 saturated heterocycles. The molecule has 0 radical (unpaired) electrons. The van der Waals surface area contributed by atoms with Crippen molar-refractivity contribution >= 4 is 12.0 Å². The fraction of sp³-hybridized carbons (Fsp3) is 0.167. The van der Waals surface area contributed by atoms with Gasteiger partial charge in [-0.05, 0) is 17.2 Å². The lowest BCUT2D eigenvalue weighted by atomic mass is 10.2. The number of likely N-dealkylation sites (N-methyl/N-ethyl adjacent to an activating group) is 1. The summed E-state index contributed by atoms with van der Waals surface area (Å²) in [6.07, 6.45) is 8.79. The van der Waals surface area contributed by atoms with Crippen LogP contribution in [0.3, 0.4) is 0 Å². The van der Waals surface area contributed by atoms with E-state index in [0.29, 0.717) is 25.3 Å². The Hall–Kier alpha value is -4.00. The molecule has 0 aliphatic carbocycles. The highest BCUT2D eigenvalue weighted by atomic mass is 16.2. The average Bonchev–Trinajstić information content (AvgIpc) is 3.42. The number of aromatic nitrogens is 5. The summed E-state index contributed by atoms with van der Waals surface area (Å²) in [6.45, 7) is 1.83. The van der Waals surface area contributed by atoms with Crippen LogP contribution < -0.4 is 0 Å². The smallest absolute Gasteiger partial charge is 0.246 e. The standard InChI is InChI=1S/C24H24N6O/c1-28(15-22-14-25-29(18-22)16-20-8-4-2-5-9-20)24(31)13-12-23-19-30(27-26-23)17-21-10-6-3-7-11-21/h2-14,18-19H,15-17H2,1H3/b13-12+. The Labute approximate surface area is 181 Å². The zero-order valence-electron chi connectivity index (χ0n) is 17.4. The van der Waals surface area contributed by atoms with Crippen molar-refractivity contribution < 1.29 is 4.79 Å². The molecule has 0 bridgehead atoms. The minimum Gasteiger partial charge on any atom is -0.338 e. The summed E-state index contributed by atoms with van der Waals surface area (Å²) >= 11 is 0. The van der Waals surface area contributed by atoms with Gasteiger partial charge in [-0.2, -0.15) is 5.10 Å². The molecule has 1 amide bonds. The van der Waals surface area contributed by atoms with Gasteiger partial charge in [0, 0.05) is 31.4 Å². The van der Waals surface area contributed by atoms with E-state index in [1.807, 2.05) is 65.6 Å². The molecule has 0 fully saturated rings. The summed E-state index contributed by atoms with van der Waals surface area (Å²) in [7, 11) is 1.77. The molecule has 0 spiro atoms. The van der Waals surface area contributed by atoms with Crippen molar-refractivity contribution in [3.8, 4) is 0 Å². The average molecular weight is 412 g/mol. The van der Waals surface area contributed by atoms with Crippen molar-refractivity contribution in [3.63, 3.8) is 0 Å². The van der Waals surface area contributed by atoms with Gasteiger partial charge in [0.15, 0.2) is 0 Å². The van der Waals surface area contributed by atoms with Gasteiger partial charge in [-0.1, -0.05) is 65.9 Å². The summed E-state index contributed by atoms with van der Waals surface area (Å²) < 4.78 is 3.63. The Bertz CT molecular complexity index is 1150. The predicted molar refractivity (Wildman–Crippen MR) is 119 cm³/mol. The van der Waals surface area contributed by atoms with Gasteiger partial charge >= 0.3 is 0 Å². The number of rotatable bonds is 8. The lowest BCUT2D eigenvalue weighted by molar-refractivity contribution is -0.125. The van der Waals surface area contributed by atoms with E-state index in [-0.39, 0.29) is 5.91 Å². The summed E-state index contributed by atoms with van der Waals surface area (Å²) in [5, 5.41) is 12.6. The molecular formula is C24H24N6O. The van der Waals surface area contributed by atoms with Gasteiger partial charge in [0.25, 0.3) is 0 Å². The van der Waals surface area contributed by atoms with Crippen LogP contribution in [0.15, 0.2) is 85.3 Å². The van der Waals surface area contributed by atoms with Crippen LogP contribution in [0.25, 0.3) is 6.08 Å². The zero-order chi connectivity index (χ0) is 21.5. The van der Waals surface area contributed by atoms with E-state index in [1.165, 1.54) is 11.6 Å². The zero-order valence-corrected chi connectivity index (χ0v) is 17.4. The second-order valence-electron chi connectivity index (χ2n) is 7.39. The van der Waals surface area contributed by atoms with Crippen LogP contribution in [-0.4, -0.2) is 42.6 Å². The molecular weight excluding hydrogens is 388 g/mol. The number of hydrogen-bond acceptors (Lipinski definition) is 4. The highest BCUT2D eigenvalue weighted by Gasteiger charge is 2.08. The van der Waals surface area contributed by atoms with Crippen LogP contribution in [0, 0.1) is 0 Å². The van der Waals surface area contributed by atoms with Crippen molar-refractivity contribution in [2.24, 2.45) is 0 Å². The van der Waals surface area contributed by atoms with Gasteiger partial charge < -0.3 is 4.90 Å². The Kier molecular flexibility index (Phi) is 6.32. The number of nitrogens with zero attached hydrogens (tertiary/aromatic N) is 6. The van der Waals surface area contributed by atoms with Gasteiger partial charge in [-0.15, -0.1) is 5.10 Å². The lowest BCUT2D eigenvalue weighted by Crippen LogP contribution is -2.23. The maximum absolute atomic E-state index is 12.5. The Morgan fingerprint density at radius 2 is 1.55 bits per heavy atom. The molecule has 0 unspecified atom stereocenters. The molecule has 156 valence electrons. The summed E-state index contributed by atoms with van der Waals surface area (Å²) in [6, 6.07) is 20.2. The predicted octanol–water partition coefficient (Wildman–Crippen LogP) is 3.24. The normalized spacial score (nSPS) is 11.1. The topological polar surface area (TPSA) is 68.8 Å². The van der Waals surface area contributed by atoms with Crippen molar-refractivity contribution in [3.05, 3.63) is 108 Å². The largest absolute Gasteiger partial charge is 0.338 e. The van der Waals surface area contributed by atoms with Crippen molar-refractivity contribution in [1.29, 1.82) is 0 Å². The first-order valence-electron chi connectivity index (χ1n) is 10.1. The van der Waals surface area contributed by atoms with Gasteiger partial charge in [0.05, 0.1) is 25.5 Å². The Morgan fingerprint density at radius 3 is 2.23 bits per heavy atom. The number of amides is 1. The third-order valence-electron chi connectivity index (χ3n) is 4.81. The van der Waals surface area contributed by atoms with E-state index >= 15 is 0 Å². The molecule has 4 rings (SSSR count). The molecule has 2 aromatic heterocycles. The summed E-state index contributed by atoms with van der Waals surface area (Å²) in [5.41, 5.74) is 3.96. The quantitative estimate of drug-likeness (QED) is 0.417. The molecule has 2 aromatic carbocycles. The Morgan fingerprint density at radius 1 is 0.903 bits per heavy atom. The van der Waals surface area contributed by atoms with Crippen LogP contribution in [0.2, 0.25) is 0 Å². The van der Waals surface area contributed by atoms with Crippen LogP contribution in [-0.2, 0) is 24.4 Å². The van der Waals surface area contributed by atoms with Gasteiger partial charge in [0.1, 0.15) is 5.69 Å². The van der Waals surface area contributed by atoms with Crippen LogP contribution in [0.1, 0.15) is 22.4 Å². The fourth-order valence-electron chi connectivity index (χ4n) is 3.22. The third-order valence-corrected chi connectivity index (χ3v) is 4.81. The highest BCUT2D eigenvalue weighted by Crippen LogP contribution is 2.07. The van der Waals surface area contributed by atoms with Crippen LogP contribution >= 0.6 is 0 Å². The molecule has 0 aliphatic rings. The molecule has 4 aromatic rings. The molecule has 0 atom stereocenters. The minimum atomic E-state index is -0.103. The van der Waals surface area contributed by atoms with E-state index in [4.69, 9.17) is 0 Å².